The Kier molecular flexibility index (Phi) is 8.97. The van der Waals surface area contributed by atoms with Crippen LogP contribution in [0.2, 0.25) is 0 Å². The van der Waals surface area contributed by atoms with Gasteiger partial charge in [-0.1, -0.05) is 36.5 Å². The minimum Gasteiger partial charge on any atom is -0.487 e. The third-order valence-corrected chi connectivity index (χ3v) is 10.7. The summed E-state index contributed by atoms with van der Waals surface area (Å²) in [7, 11) is -6.39. The van der Waals surface area contributed by atoms with Crippen molar-refractivity contribution < 1.29 is 26.7 Å². The molecule has 0 unspecified atom stereocenters. The number of aryl methyl sites for hydroxylation is 1. The molecule has 0 spiro atoms. The molecule has 4 rings (SSSR count). The molecular weight excluding hydrogens is 550 g/mol. The highest BCUT2D eigenvalue weighted by Crippen LogP contribution is 2.34. The topological polar surface area (TPSA) is 117 Å². The lowest BCUT2D eigenvalue weighted by Crippen LogP contribution is -2.50. The molecule has 0 bridgehead atoms. The first-order chi connectivity index (χ1) is 18.9. The number of rotatable bonds is 6. The SMILES string of the molecule is Cc1ccc(S(=O)(=O)N(C)C[C@H]2Oc3cc(C#Cc4ccncc4)ccc3S(=O)(=O)N([C@H](C)CO)C[C@@H]2C)cc1. The number of nitrogens with zero attached hydrogens (tertiary/aromatic N) is 3. The van der Waals surface area contributed by atoms with Crippen LogP contribution in [-0.2, 0) is 20.0 Å². The van der Waals surface area contributed by atoms with Crippen LogP contribution in [0.15, 0.2) is 76.8 Å². The van der Waals surface area contributed by atoms with E-state index in [0.717, 1.165) is 11.1 Å². The van der Waals surface area contributed by atoms with E-state index in [4.69, 9.17) is 4.74 Å². The lowest BCUT2D eigenvalue weighted by atomic mass is 10.0. The van der Waals surface area contributed by atoms with E-state index in [9.17, 15) is 21.9 Å². The quantitative estimate of drug-likeness (QED) is 0.444. The molecule has 1 aromatic heterocycles. The number of hydrogen-bond acceptors (Lipinski definition) is 7. The predicted molar refractivity (Wildman–Crippen MR) is 152 cm³/mol. The van der Waals surface area contributed by atoms with Gasteiger partial charge < -0.3 is 9.84 Å². The molecule has 2 aromatic carbocycles. The van der Waals surface area contributed by atoms with E-state index in [1.165, 1.54) is 21.7 Å². The summed E-state index contributed by atoms with van der Waals surface area (Å²) in [5.41, 5.74) is 2.21. The van der Waals surface area contributed by atoms with Gasteiger partial charge >= 0.3 is 0 Å². The lowest BCUT2D eigenvalue weighted by molar-refractivity contribution is 0.0904. The van der Waals surface area contributed by atoms with Crippen molar-refractivity contribution in [2.45, 2.75) is 42.7 Å². The van der Waals surface area contributed by atoms with Crippen LogP contribution < -0.4 is 4.74 Å². The molecule has 212 valence electrons. The van der Waals surface area contributed by atoms with E-state index in [-0.39, 0.29) is 35.2 Å². The minimum absolute atomic E-state index is 0.0227. The summed E-state index contributed by atoms with van der Waals surface area (Å²) in [6.45, 7) is 4.96. The van der Waals surface area contributed by atoms with Crippen molar-refractivity contribution in [1.29, 1.82) is 0 Å². The summed E-state index contributed by atoms with van der Waals surface area (Å²) in [6, 6.07) is 14.0. The number of hydrogen-bond donors (Lipinski definition) is 1. The maximum Gasteiger partial charge on any atom is 0.247 e. The van der Waals surface area contributed by atoms with E-state index >= 15 is 0 Å². The van der Waals surface area contributed by atoms with Crippen LogP contribution in [0.3, 0.4) is 0 Å². The van der Waals surface area contributed by atoms with Gasteiger partial charge in [0.05, 0.1) is 18.0 Å². The summed E-state index contributed by atoms with van der Waals surface area (Å²) >= 11 is 0. The van der Waals surface area contributed by atoms with Crippen molar-refractivity contribution in [1.82, 2.24) is 13.6 Å². The second kappa shape index (κ2) is 12.1. The molecule has 1 N–H and O–H groups in total. The number of sulfonamides is 2. The van der Waals surface area contributed by atoms with Crippen LogP contribution in [0.5, 0.6) is 5.75 Å². The first-order valence-corrected chi connectivity index (χ1v) is 15.7. The standard InChI is InChI=1S/C29H33N3O6S2/c1-21-5-10-26(11-6-21)39(34,35)31(4)19-28-22(2)18-32(23(3)20-33)40(36,37)29-12-9-25(17-27(29)38-28)8-7-24-13-15-30-16-14-24/h5-6,9-17,22-23,28,33H,18-20H2,1-4H3/t22-,23+,28+/m0/s1. The van der Waals surface area contributed by atoms with Gasteiger partial charge in [-0.2, -0.15) is 8.61 Å². The van der Waals surface area contributed by atoms with Gasteiger partial charge in [-0.15, -0.1) is 0 Å². The summed E-state index contributed by atoms with van der Waals surface area (Å²) in [5, 5.41) is 9.85. The van der Waals surface area contributed by atoms with Crippen molar-refractivity contribution in [2.75, 3.05) is 26.7 Å². The zero-order valence-electron chi connectivity index (χ0n) is 22.9. The first kappa shape index (κ1) is 29.7. The Labute approximate surface area is 236 Å². The number of ether oxygens (including phenoxy) is 1. The Morgan fingerprint density at radius 2 is 1.75 bits per heavy atom. The highest BCUT2D eigenvalue weighted by atomic mass is 32.2. The highest BCUT2D eigenvalue weighted by Gasteiger charge is 2.39. The molecule has 40 heavy (non-hydrogen) atoms. The van der Waals surface area contributed by atoms with Gasteiger partial charge in [0.25, 0.3) is 0 Å². The zero-order chi connectivity index (χ0) is 29.1. The van der Waals surface area contributed by atoms with E-state index < -0.39 is 38.1 Å². The number of benzene rings is 2. The molecule has 1 aliphatic heterocycles. The molecule has 2 heterocycles. The van der Waals surface area contributed by atoms with Crippen molar-refractivity contribution in [3.05, 3.63) is 83.7 Å². The van der Waals surface area contributed by atoms with E-state index in [1.54, 1.807) is 67.8 Å². The van der Waals surface area contributed by atoms with Gasteiger partial charge in [0.2, 0.25) is 20.0 Å². The largest absolute Gasteiger partial charge is 0.487 e. The fraction of sp³-hybridized carbons (Fsp3) is 0.345. The summed E-state index contributed by atoms with van der Waals surface area (Å²) in [6.07, 6.45) is 2.56. The molecule has 0 saturated carbocycles. The molecule has 0 fully saturated rings. The van der Waals surface area contributed by atoms with Crippen LogP contribution >= 0.6 is 0 Å². The van der Waals surface area contributed by atoms with E-state index in [2.05, 4.69) is 16.8 Å². The van der Waals surface area contributed by atoms with E-state index in [0.29, 0.717) is 5.56 Å². The molecular formula is C29H33N3O6S2. The lowest BCUT2D eigenvalue weighted by Gasteiger charge is -2.37. The van der Waals surface area contributed by atoms with E-state index in [1.807, 2.05) is 13.8 Å². The Morgan fingerprint density at radius 3 is 2.40 bits per heavy atom. The fourth-order valence-corrected chi connectivity index (χ4v) is 7.35. The number of likely N-dealkylation sites (N-methyl/N-ethyl adjacent to an activating group) is 1. The van der Waals surface area contributed by atoms with Gasteiger partial charge in [0, 0.05) is 49.1 Å². The van der Waals surface area contributed by atoms with Crippen molar-refractivity contribution in [3.8, 4) is 17.6 Å². The molecule has 0 saturated heterocycles. The monoisotopic (exact) mass is 583 g/mol. The Hall–Kier alpha value is -3.27. The van der Waals surface area contributed by atoms with Crippen LogP contribution in [0.25, 0.3) is 0 Å². The van der Waals surface area contributed by atoms with Crippen LogP contribution in [0, 0.1) is 24.7 Å². The fourth-order valence-electron chi connectivity index (χ4n) is 4.34. The smallest absolute Gasteiger partial charge is 0.247 e. The van der Waals surface area contributed by atoms with Crippen molar-refractivity contribution in [3.63, 3.8) is 0 Å². The second-order valence-corrected chi connectivity index (χ2v) is 13.9. The highest BCUT2D eigenvalue weighted by molar-refractivity contribution is 7.89. The molecule has 0 aliphatic carbocycles. The number of pyridine rings is 1. The summed E-state index contributed by atoms with van der Waals surface area (Å²) in [4.78, 5) is 4.07. The number of fused-ring (bicyclic) bond motifs is 1. The van der Waals surface area contributed by atoms with Crippen LogP contribution in [-0.4, -0.2) is 74.4 Å². The van der Waals surface area contributed by atoms with Crippen LogP contribution in [0.1, 0.15) is 30.5 Å². The van der Waals surface area contributed by atoms with Gasteiger partial charge in [-0.3, -0.25) is 4.98 Å². The average Bonchev–Trinajstić information content (AvgIpc) is 2.94. The van der Waals surface area contributed by atoms with Gasteiger partial charge in [-0.25, -0.2) is 16.8 Å². The third-order valence-electron chi connectivity index (χ3n) is 6.86. The molecule has 9 nitrogen and oxygen atoms in total. The zero-order valence-corrected chi connectivity index (χ0v) is 24.5. The Balaban J connectivity index is 1.74. The maximum atomic E-state index is 13.7. The minimum atomic E-state index is -4.04. The predicted octanol–water partition coefficient (Wildman–Crippen LogP) is 2.88. The average molecular weight is 584 g/mol. The van der Waals surface area contributed by atoms with Crippen molar-refractivity contribution >= 4 is 20.0 Å². The number of aromatic nitrogens is 1. The Morgan fingerprint density at radius 1 is 1.10 bits per heavy atom. The Bertz CT molecular complexity index is 1620. The van der Waals surface area contributed by atoms with Gasteiger partial charge in [-0.05, 0) is 56.3 Å². The van der Waals surface area contributed by atoms with Crippen molar-refractivity contribution in [2.24, 2.45) is 5.92 Å². The summed E-state index contributed by atoms with van der Waals surface area (Å²) in [5.74, 6) is 5.71. The number of aliphatic hydroxyl groups excluding tert-OH is 1. The molecule has 3 atom stereocenters. The molecule has 11 heteroatoms. The molecule has 0 amide bonds. The van der Waals surface area contributed by atoms with Crippen LogP contribution in [0.4, 0.5) is 0 Å². The normalized spacial score (nSPS) is 19.9. The summed E-state index contributed by atoms with van der Waals surface area (Å²) < 4.78 is 62.8. The third kappa shape index (κ3) is 6.37. The van der Waals surface area contributed by atoms with Gasteiger partial charge in [0.1, 0.15) is 16.7 Å². The number of aliphatic hydroxyl groups is 1. The first-order valence-electron chi connectivity index (χ1n) is 12.8. The molecule has 3 aromatic rings. The maximum absolute atomic E-state index is 13.7. The van der Waals surface area contributed by atoms with Gasteiger partial charge in [0.15, 0.2) is 0 Å². The molecule has 1 aliphatic rings. The molecule has 0 radical (unpaired) electrons. The second-order valence-electron chi connectivity index (χ2n) is 9.99.